The summed E-state index contributed by atoms with van der Waals surface area (Å²) in [6.07, 6.45) is 6.41. The summed E-state index contributed by atoms with van der Waals surface area (Å²) in [5.41, 5.74) is 0.870. The Morgan fingerprint density at radius 1 is 1.32 bits per heavy atom. The van der Waals surface area contributed by atoms with Crippen molar-refractivity contribution in [2.24, 2.45) is 0 Å². The lowest BCUT2D eigenvalue weighted by atomic mass is 10.1. The fourth-order valence-electron chi connectivity index (χ4n) is 2.73. The molecular weight excluding hydrogens is 280 g/mol. The van der Waals surface area contributed by atoms with E-state index >= 15 is 0 Å². The van der Waals surface area contributed by atoms with Gasteiger partial charge in [-0.1, -0.05) is 6.07 Å². The summed E-state index contributed by atoms with van der Waals surface area (Å²) in [5.74, 6) is -0.0700. The number of aromatic nitrogens is 1. The molecule has 1 aromatic rings. The highest BCUT2D eigenvalue weighted by Crippen LogP contribution is 2.28. The van der Waals surface area contributed by atoms with Crippen LogP contribution in [0.5, 0.6) is 0 Å². The summed E-state index contributed by atoms with van der Waals surface area (Å²) in [5, 5.41) is 5.75. The zero-order valence-corrected chi connectivity index (χ0v) is 12.6. The van der Waals surface area contributed by atoms with Gasteiger partial charge in [-0.3, -0.25) is 9.78 Å². The van der Waals surface area contributed by atoms with E-state index in [1.54, 1.807) is 11.1 Å². The molecule has 3 rings (SSSR count). The summed E-state index contributed by atoms with van der Waals surface area (Å²) >= 11 is 0. The third kappa shape index (κ3) is 3.75. The van der Waals surface area contributed by atoms with Crippen LogP contribution >= 0.6 is 0 Å². The molecule has 1 saturated carbocycles. The van der Waals surface area contributed by atoms with Gasteiger partial charge in [0.05, 0.1) is 12.2 Å². The third-order valence-electron chi connectivity index (χ3n) is 4.14. The van der Waals surface area contributed by atoms with Gasteiger partial charge in [0.15, 0.2) is 0 Å². The van der Waals surface area contributed by atoms with Crippen molar-refractivity contribution in [1.29, 1.82) is 0 Å². The first-order chi connectivity index (χ1) is 10.7. The quantitative estimate of drug-likeness (QED) is 0.883. The van der Waals surface area contributed by atoms with E-state index in [0.717, 1.165) is 31.4 Å². The van der Waals surface area contributed by atoms with Crippen molar-refractivity contribution in [3.63, 3.8) is 0 Å². The van der Waals surface area contributed by atoms with Crippen molar-refractivity contribution in [2.75, 3.05) is 6.54 Å². The molecule has 2 aliphatic rings. The molecule has 22 heavy (non-hydrogen) atoms. The number of rotatable bonds is 4. The van der Waals surface area contributed by atoms with Crippen molar-refractivity contribution in [3.05, 3.63) is 30.1 Å². The van der Waals surface area contributed by atoms with Crippen molar-refractivity contribution >= 4 is 11.9 Å². The van der Waals surface area contributed by atoms with Gasteiger partial charge in [-0.25, -0.2) is 4.79 Å². The normalized spacial score (nSPS) is 21.6. The van der Waals surface area contributed by atoms with Crippen LogP contribution in [0.4, 0.5) is 4.79 Å². The monoisotopic (exact) mass is 302 g/mol. The maximum absolute atomic E-state index is 12.6. The van der Waals surface area contributed by atoms with E-state index in [2.05, 4.69) is 15.6 Å². The lowest BCUT2D eigenvalue weighted by Gasteiger charge is -2.25. The minimum absolute atomic E-state index is 0.0700. The lowest BCUT2D eigenvalue weighted by Crippen LogP contribution is -2.50. The molecule has 6 nitrogen and oxygen atoms in total. The van der Waals surface area contributed by atoms with Gasteiger partial charge in [-0.05, 0) is 44.2 Å². The summed E-state index contributed by atoms with van der Waals surface area (Å²) < 4.78 is 0. The van der Waals surface area contributed by atoms with Crippen molar-refractivity contribution in [3.8, 4) is 0 Å². The predicted molar refractivity (Wildman–Crippen MR) is 82.0 cm³/mol. The average Bonchev–Trinajstić information content (AvgIpc) is 3.36. The number of amides is 3. The minimum atomic E-state index is -0.417. The zero-order chi connectivity index (χ0) is 15.4. The second-order valence-corrected chi connectivity index (χ2v) is 5.97. The molecule has 0 aromatic carbocycles. The van der Waals surface area contributed by atoms with Gasteiger partial charge < -0.3 is 15.5 Å². The number of nitrogens with one attached hydrogen (secondary N) is 2. The van der Waals surface area contributed by atoms with Crippen LogP contribution in [0.1, 0.15) is 37.8 Å². The Hall–Kier alpha value is -2.11. The van der Waals surface area contributed by atoms with Crippen LogP contribution in [0.3, 0.4) is 0 Å². The Morgan fingerprint density at radius 2 is 2.18 bits per heavy atom. The summed E-state index contributed by atoms with van der Waals surface area (Å²) in [6.45, 7) is 1.19. The van der Waals surface area contributed by atoms with Gasteiger partial charge in [0.25, 0.3) is 0 Å². The Labute approximate surface area is 130 Å². The van der Waals surface area contributed by atoms with Crippen molar-refractivity contribution in [2.45, 2.75) is 50.7 Å². The number of carbonyl (C=O) groups excluding carboxylic acids is 2. The minimum Gasteiger partial charge on any atom is -0.354 e. The fourth-order valence-corrected chi connectivity index (χ4v) is 2.73. The molecule has 1 saturated heterocycles. The molecule has 6 heteroatoms. The average molecular weight is 302 g/mol. The Kier molecular flexibility index (Phi) is 4.56. The molecule has 1 aliphatic heterocycles. The van der Waals surface area contributed by atoms with Gasteiger partial charge >= 0.3 is 6.03 Å². The number of hydrogen-bond donors (Lipinski definition) is 2. The van der Waals surface area contributed by atoms with Crippen LogP contribution in [0.2, 0.25) is 0 Å². The van der Waals surface area contributed by atoms with E-state index in [9.17, 15) is 9.59 Å². The number of urea groups is 1. The molecule has 0 bridgehead atoms. The first kappa shape index (κ1) is 14.8. The van der Waals surface area contributed by atoms with Crippen LogP contribution in [0.15, 0.2) is 24.4 Å². The zero-order valence-electron chi connectivity index (χ0n) is 12.6. The van der Waals surface area contributed by atoms with Crippen molar-refractivity contribution in [1.82, 2.24) is 20.5 Å². The second-order valence-electron chi connectivity index (χ2n) is 5.97. The SMILES string of the molecule is O=C1NCCCCC1NC(=O)N(Cc1ccccn1)C1CC1. The molecule has 2 N–H and O–H groups in total. The molecule has 2 fully saturated rings. The topological polar surface area (TPSA) is 74.3 Å². The predicted octanol–water partition coefficient (Wildman–Crippen LogP) is 1.42. The Balaban J connectivity index is 1.63. The van der Waals surface area contributed by atoms with E-state index in [1.807, 2.05) is 18.2 Å². The molecule has 0 spiro atoms. The van der Waals surface area contributed by atoms with Crippen LogP contribution in [-0.4, -0.2) is 40.5 Å². The molecule has 1 aliphatic carbocycles. The molecule has 1 aromatic heterocycles. The highest BCUT2D eigenvalue weighted by atomic mass is 16.2. The lowest BCUT2D eigenvalue weighted by molar-refractivity contribution is -0.122. The molecular formula is C16H22N4O2. The molecule has 1 atom stereocenters. The van der Waals surface area contributed by atoms with Crippen molar-refractivity contribution < 1.29 is 9.59 Å². The summed E-state index contributed by atoms with van der Waals surface area (Å²) in [4.78, 5) is 30.6. The van der Waals surface area contributed by atoms with Crippen LogP contribution < -0.4 is 10.6 Å². The number of nitrogens with zero attached hydrogens (tertiary/aromatic N) is 2. The van der Waals surface area contributed by atoms with Crippen LogP contribution in [0.25, 0.3) is 0 Å². The molecule has 3 amide bonds. The standard InChI is InChI=1S/C16H22N4O2/c21-15-14(6-2-4-10-18-15)19-16(22)20(13-7-8-13)11-12-5-1-3-9-17-12/h1,3,5,9,13-14H,2,4,6-8,10-11H2,(H,18,21)(H,19,22). The Morgan fingerprint density at radius 3 is 2.91 bits per heavy atom. The van der Waals surface area contributed by atoms with Gasteiger partial charge in [0.2, 0.25) is 5.91 Å². The summed E-state index contributed by atoms with van der Waals surface area (Å²) in [6, 6.07) is 5.40. The van der Waals surface area contributed by atoms with Gasteiger partial charge in [-0.2, -0.15) is 0 Å². The van der Waals surface area contributed by atoms with Crippen LogP contribution in [0, 0.1) is 0 Å². The number of hydrogen-bond acceptors (Lipinski definition) is 3. The maximum atomic E-state index is 12.6. The van der Waals surface area contributed by atoms with Gasteiger partial charge in [0.1, 0.15) is 6.04 Å². The maximum Gasteiger partial charge on any atom is 0.318 e. The van der Waals surface area contributed by atoms with E-state index in [-0.39, 0.29) is 18.0 Å². The fraction of sp³-hybridized carbons (Fsp3) is 0.562. The number of pyridine rings is 1. The van der Waals surface area contributed by atoms with Gasteiger partial charge in [0, 0.05) is 18.8 Å². The van der Waals surface area contributed by atoms with Crippen LogP contribution in [-0.2, 0) is 11.3 Å². The largest absolute Gasteiger partial charge is 0.354 e. The van der Waals surface area contributed by atoms with E-state index in [0.29, 0.717) is 19.5 Å². The molecule has 2 heterocycles. The highest BCUT2D eigenvalue weighted by molar-refractivity contribution is 5.87. The first-order valence-electron chi connectivity index (χ1n) is 7.99. The first-order valence-corrected chi connectivity index (χ1v) is 7.99. The van der Waals surface area contributed by atoms with E-state index in [4.69, 9.17) is 0 Å². The third-order valence-corrected chi connectivity index (χ3v) is 4.14. The van der Waals surface area contributed by atoms with Gasteiger partial charge in [-0.15, -0.1) is 0 Å². The second kappa shape index (κ2) is 6.77. The molecule has 118 valence electrons. The molecule has 1 unspecified atom stereocenters. The summed E-state index contributed by atoms with van der Waals surface area (Å²) in [7, 11) is 0. The smallest absolute Gasteiger partial charge is 0.318 e. The highest BCUT2D eigenvalue weighted by Gasteiger charge is 2.34. The number of carbonyl (C=O) groups is 2. The molecule has 0 radical (unpaired) electrons. The Bertz CT molecular complexity index is 530. The van der Waals surface area contributed by atoms with E-state index < -0.39 is 6.04 Å². The van der Waals surface area contributed by atoms with E-state index in [1.165, 1.54) is 0 Å².